The van der Waals surface area contributed by atoms with Crippen molar-refractivity contribution >= 4 is 0 Å². The van der Waals surface area contributed by atoms with Crippen molar-refractivity contribution in [3.8, 4) is 6.07 Å². The highest BCUT2D eigenvalue weighted by atomic mass is 15.2. The summed E-state index contributed by atoms with van der Waals surface area (Å²) in [5.41, 5.74) is 5.22. The molecule has 1 fully saturated rings. The predicted molar refractivity (Wildman–Crippen MR) is 48.4 cm³/mol. The molecule has 0 aromatic carbocycles. The van der Waals surface area contributed by atoms with Crippen molar-refractivity contribution in [3.63, 3.8) is 0 Å². The molecule has 66 valence electrons. The van der Waals surface area contributed by atoms with Crippen molar-refractivity contribution in [1.82, 2.24) is 4.90 Å². The van der Waals surface area contributed by atoms with Gasteiger partial charge in [0.15, 0.2) is 0 Å². The molecular formula is C9H15N3. The fraction of sp³-hybridized carbons (Fsp3) is 0.667. The average molecular weight is 165 g/mol. The van der Waals surface area contributed by atoms with E-state index >= 15 is 0 Å². The first-order valence-corrected chi connectivity index (χ1v) is 4.23. The molecule has 0 aliphatic carbocycles. The summed E-state index contributed by atoms with van der Waals surface area (Å²) < 4.78 is 0. The lowest BCUT2D eigenvalue weighted by atomic mass is 9.92. The summed E-state index contributed by atoms with van der Waals surface area (Å²) in [5, 5.41) is 8.81. The topological polar surface area (TPSA) is 53.0 Å². The van der Waals surface area contributed by atoms with Crippen molar-refractivity contribution in [1.29, 1.82) is 5.26 Å². The second kappa shape index (κ2) is 3.70. The first kappa shape index (κ1) is 9.24. The van der Waals surface area contributed by atoms with E-state index in [9.17, 15) is 0 Å². The van der Waals surface area contributed by atoms with Gasteiger partial charge in [-0.1, -0.05) is 6.08 Å². The Morgan fingerprint density at radius 2 is 2.50 bits per heavy atom. The van der Waals surface area contributed by atoms with E-state index in [-0.39, 0.29) is 0 Å². The molecule has 0 aromatic rings. The van der Waals surface area contributed by atoms with Gasteiger partial charge in [-0.15, -0.1) is 6.58 Å². The summed E-state index contributed by atoms with van der Waals surface area (Å²) in [5.74, 6) is 0. The lowest BCUT2D eigenvalue weighted by Crippen LogP contribution is -2.53. The molecule has 0 radical (unpaired) electrons. The fourth-order valence-corrected chi connectivity index (χ4v) is 1.60. The van der Waals surface area contributed by atoms with Gasteiger partial charge in [0.05, 0.1) is 6.07 Å². The molecule has 1 atom stereocenters. The van der Waals surface area contributed by atoms with Crippen LogP contribution in [-0.2, 0) is 0 Å². The number of hydrogen-bond acceptors (Lipinski definition) is 3. The third kappa shape index (κ3) is 2.07. The first-order chi connectivity index (χ1) is 5.70. The highest BCUT2D eigenvalue weighted by Crippen LogP contribution is 2.17. The normalized spacial score (nSPS) is 31.0. The van der Waals surface area contributed by atoms with Gasteiger partial charge in [-0.25, -0.2) is 0 Å². The van der Waals surface area contributed by atoms with Crippen LogP contribution in [0.25, 0.3) is 0 Å². The summed E-state index contributed by atoms with van der Waals surface area (Å²) >= 11 is 0. The fourth-order valence-electron chi connectivity index (χ4n) is 1.60. The Morgan fingerprint density at radius 1 is 1.75 bits per heavy atom. The maximum absolute atomic E-state index is 8.81. The number of rotatable bonds is 2. The predicted octanol–water partition coefficient (Wildman–Crippen LogP) is 0.489. The van der Waals surface area contributed by atoms with Gasteiger partial charge >= 0.3 is 0 Å². The SMILES string of the molecule is C=CCN1CCCC(N)(C#N)C1. The minimum atomic E-state index is -0.624. The summed E-state index contributed by atoms with van der Waals surface area (Å²) in [6, 6.07) is 2.17. The lowest BCUT2D eigenvalue weighted by molar-refractivity contribution is 0.196. The van der Waals surface area contributed by atoms with Gasteiger partial charge < -0.3 is 5.73 Å². The molecule has 0 bridgehead atoms. The Labute approximate surface area is 73.5 Å². The van der Waals surface area contributed by atoms with Crippen molar-refractivity contribution < 1.29 is 0 Å². The summed E-state index contributed by atoms with van der Waals surface area (Å²) in [6.07, 6.45) is 3.68. The van der Waals surface area contributed by atoms with Gasteiger partial charge in [-0.3, -0.25) is 4.90 Å². The van der Waals surface area contributed by atoms with Gasteiger partial charge in [-0.05, 0) is 19.4 Å². The number of hydrogen-bond donors (Lipinski definition) is 1. The molecule has 12 heavy (non-hydrogen) atoms. The van der Waals surface area contributed by atoms with Crippen LogP contribution in [0.5, 0.6) is 0 Å². The largest absolute Gasteiger partial charge is 0.312 e. The molecule has 0 aromatic heterocycles. The molecule has 1 aliphatic rings. The van der Waals surface area contributed by atoms with Crippen LogP contribution < -0.4 is 5.73 Å². The number of piperidine rings is 1. The summed E-state index contributed by atoms with van der Waals surface area (Å²) in [6.45, 7) is 6.21. The number of nitrogens with zero attached hydrogens (tertiary/aromatic N) is 2. The van der Waals surface area contributed by atoms with Crippen LogP contribution >= 0.6 is 0 Å². The van der Waals surface area contributed by atoms with Crippen LogP contribution in [0.2, 0.25) is 0 Å². The zero-order valence-corrected chi connectivity index (χ0v) is 7.29. The Bertz CT molecular complexity index is 206. The maximum atomic E-state index is 8.81. The van der Waals surface area contributed by atoms with E-state index < -0.39 is 5.54 Å². The van der Waals surface area contributed by atoms with E-state index in [1.165, 1.54) is 0 Å². The zero-order chi connectivity index (χ0) is 9.03. The molecule has 3 heteroatoms. The number of nitrogens with two attached hydrogens (primary N) is 1. The average Bonchev–Trinajstić information content (AvgIpc) is 2.05. The van der Waals surface area contributed by atoms with Crippen molar-refractivity contribution in [2.45, 2.75) is 18.4 Å². The minimum Gasteiger partial charge on any atom is -0.312 e. The molecule has 0 saturated carbocycles. The van der Waals surface area contributed by atoms with Gasteiger partial charge in [0.25, 0.3) is 0 Å². The van der Waals surface area contributed by atoms with Crippen LogP contribution in [0.3, 0.4) is 0 Å². The molecule has 3 nitrogen and oxygen atoms in total. The summed E-state index contributed by atoms with van der Waals surface area (Å²) in [7, 11) is 0. The van der Waals surface area contributed by atoms with Crippen LogP contribution in [0, 0.1) is 11.3 Å². The van der Waals surface area contributed by atoms with Crippen molar-refractivity contribution in [2.24, 2.45) is 5.73 Å². The third-order valence-corrected chi connectivity index (χ3v) is 2.21. The smallest absolute Gasteiger partial charge is 0.117 e. The quantitative estimate of drug-likeness (QED) is 0.606. The highest BCUT2D eigenvalue weighted by molar-refractivity contribution is 5.08. The monoisotopic (exact) mass is 165 g/mol. The Hall–Kier alpha value is -0.850. The highest BCUT2D eigenvalue weighted by Gasteiger charge is 2.30. The van der Waals surface area contributed by atoms with Crippen LogP contribution in [-0.4, -0.2) is 30.1 Å². The van der Waals surface area contributed by atoms with Crippen LogP contribution in [0.1, 0.15) is 12.8 Å². The molecular weight excluding hydrogens is 150 g/mol. The van der Waals surface area contributed by atoms with E-state index in [1.807, 2.05) is 6.08 Å². The van der Waals surface area contributed by atoms with E-state index in [2.05, 4.69) is 17.5 Å². The summed E-state index contributed by atoms with van der Waals surface area (Å²) in [4.78, 5) is 2.17. The maximum Gasteiger partial charge on any atom is 0.117 e. The third-order valence-electron chi connectivity index (χ3n) is 2.21. The van der Waals surface area contributed by atoms with E-state index in [0.717, 1.165) is 25.9 Å². The Balaban J connectivity index is 2.52. The van der Waals surface area contributed by atoms with Gasteiger partial charge in [0.2, 0.25) is 0 Å². The molecule has 1 saturated heterocycles. The van der Waals surface area contributed by atoms with Gasteiger partial charge in [-0.2, -0.15) is 5.26 Å². The Morgan fingerprint density at radius 3 is 3.08 bits per heavy atom. The Kier molecular flexibility index (Phi) is 2.85. The number of likely N-dealkylation sites (tertiary alicyclic amines) is 1. The lowest BCUT2D eigenvalue weighted by Gasteiger charge is -2.34. The van der Waals surface area contributed by atoms with Gasteiger partial charge in [0.1, 0.15) is 5.54 Å². The molecule has 1 heterocycles. The van der Waals surface area contributed by atoms with E-state index in [1.54, 1.807) is 0 Å². The molecule has 1 unspecified atom stereocenters. The van der Waals surface area contributed by atoms with Crippen LogP contribution in [0.15, 0.2) is 12.7 Å². The molecule has 2 N–H and O–H groups in total. The molecule has 1 rings (SSSR count). The first-order valence-electron chi connectivity index (χ1n) is 4.23. The van der Waals surface area contributed by atoms with Crippen molar-refractivity contribution in [2.75, 3.05) is 19.6 Å². The van der Waals surface area contributed by atoms with Gasteiger partial charge in [0, 0.05) is 13.1 Å². The van der Waals surface area contributed by atoms with E-state index in [4.69, 9.17) is 11.0 Å². The molecule has 0 amide bonds. The zero-order valence-electron chi connectivity index (χ0n) is 7.29. The number of nitriles is 1. The minimum absolute atomic E-state index is 0.624. The molecule has 1 aliphatic heterocycles. The van der Waals surface area contributed by atoms with Crippen LogP contribution in [0.4, 0.5) is 0 Å². The second-order valence-electron chi connectivity index (χ2n) is 3.40. The standard InChI is InChI=1S/C9H15N3/c1-2-5-12-6-3-4-9(11,7-10)8-12/h2H,1,3-6,8,11H2. The molecule has 0 spiro atoms. The van der Waals surface area contributed by atoms with Crippen molar-refractivity contribution in [3.05, 3.63) is 12.7 Å². The second-order valence-corrected chi connectivity index (χ2v) is 3.40. The van der Waals surface area contributed by atoms with E-state index in [0.29, 0.717) is 6.54 Å².